The first kappa shape index (κ1) is 23.1. The van der Waals surface area contributed by atoms with E-state index in [1.54, 1.807) is 23.6 Å². The lowest BCUT2D eigenvalue weighted by Gasteiger charge is -2.31. The Labute approximate surface area is 199 Å². The Morgan fingerprint density at radius 3 is 2.33 bits per heavy atom. The van der Waals surface area contributed by atoms with Gasteiger partial charge in [0, 0.05) is 16.6 Å². The normalized spacial score (nSPS) is 14.6. The van der Waals surface area contributed by atoms with Gasteiger partial charge in [-0.05, 0) is 60.0 Å². The summed E-state index contributed by atoms with van der Waals surface area (Å²) in [5.41, 5.74) is 0.381. The minimum absolute atomic E-state index is 0.0728. The first-order valence-electron chi connectivity index (χ1n) is 10.8. The Kier molecular flexibility index (Phi) is 7.51. The van der Waals surface area contributed by atoms with Crippen LogP contribution in [0.4, 0.5) is 10.1 Å². The van der Waals surface area contributed by atoms with E-state index in [9.17, 15) is 18.8 Å². The number of anilines is 1. The van der Waals surface area contributed by atoms with Crippen LogP contribution in [0, 0.1) is 5.82 Å². The molecule has 1 aromatic carbocycles. The quantitative estimate of drug-likeness (QED) is 0.493. The highest BCUT2D eigenvalue weighted by atomic mass is 32.1. The van der Waals surface area contributed by atoms with Crippen molar-refractivity contribution in [3.05, 3.63) is 74.9 Å². The number of carbonyl (C=O) groups is 3. The van der Waals surface area contributed by atoms with E-state index >= 15 is 0 Å². The Morgan fingerprint density at radius 1 is 1.00 bits per heavy atom. The van der Waals surface area contributed by atoms with Crippen molar-refractivity contribution in [1.29, 1.82) is 0 Å². The molecule has 0 spiro atoms. The maximum absolute atomic E-state index is 13.6. The lowest BCUT2D eigenvalue weighted by atomic mass is 10.1. The van der Waals surface area contributed by atoms with E-state index in [1.807, 2.05) is 11.4 Å². The van der Waals surface area contributed by atoms with Crippen LogP contribution in [0.3, 0.4) is 0 Å². The number of nitrogens with zero attached hydrogens (tertiary/aromatic N) is 1. The molecule has 3 amide bonds. The van der Waals surface area contributed by atoms with Gasteiger partial charge >= 0.3 is 0 Å². The highest BCUT2D eigenvalue weighted by molar-refractivity contribution is 7.12. The second-order valence-electron chi connectivity index (χ2n) is 7.81. The van der Waals surface area contributed by atoms with Crippen molar-refractivity contribution in [1.82, 2.24) is 10.6 Å². The van der Waals surface area contributed by atoms with E-state index in [4.69, 9.17) is 0 Å². The van der Waals surface area contributed by atoms with Crippen LogP contribution in [0.5, 0.6) is 0 Å². The fraction of sp³-hybridized carbons (Fsp3) is 0.292. The monoisotopic (exact) mass is 485 g/mol. The number of amides is 3. The molecule has 0 saturated heterocycles. The van der Waals surface area contributed by atoms with Gasteiger partial charge in [-0.25, -0.2) is 4.39 Å². The van der Waals surface area contributed by atoms with Crippen LogP contribution in [0.15, 0.2) is 59.3 Å². The maximum atomic E-state index is 13.6. The number of hydrogen-bond donors (Lipinski definition) is 2. The summed E-state index contributed by atoms with van der Waals surface area (Å²) >= 11 is 2.64. The van der Waals surface area contributed by atoms with Gasteiger partial charge in [0.1, 0.15) is 11.9 Å². The summed E-state index contributed by atoms with van der Waals surface area (Å²) in [6.45, 7) is -0.299. The van der Waals surface area contributed by atoms with Crippen LogP contribution in [-0.4, -0.2) is 30.3 Å². The molecule has 4 rings (SSSR count). The molecule has 0 unspecified atom stereocenters. The molecule has 1 saturated carbocycles. The van der Waals surface area contributed by atoms with Crippen LogP contribution < -0.4 is 15.5 Å². The molecule has 1 fully saturated rings. The molecule has 3 aromatic rings. The number of nitrogens with one attached hydrogen (secondary N) is 2. The molecule has 1 aliphatic carbocycles. The van der Waals surface area contributed by atoms with E-state index in [0.717, 1.165) is 25.7 Å². The van der Waals surface area contributed by atoms with Crippen LogP contribution in [-0.2, 0) is 9.59 Å². The lowest BCUT2D eigenvalue weighted by molar-refractivity contribution is -0.126. The molecule has 2 N–H and O–H groups in total. The van der Waals surface area contributed by atoms with E-state index < -0.39 is 17.8 Å². The zero-order valence-electron chi connectivity index (χ0n) is 17.8. The zero-order valence-corrected chi connectivity index (χ0v) is 19.5. The first-order valence-corrected chi connectivity index (χ1v) is 12.5. The second-order valence-corrected chi connectivity index (χ2v) is 9.74. The highest BCUT2D eigenvalue weighted by Crippen LogP contribution is 2.31. The third-order valence-corrected chi connectivity index (χ3v) is 7.33. The summed E-state index contributed by atoms with van der Waals surface area (Å²) in [6.07, 6.45) is 3.93. The number of thiophene rings is 2. The summed E-state index contributed by atoms with van der Waals surface area (Å²) in [5, 5.41) is 9.35. The molecular formula is C24H24FN3O3S2. The third-order valence-electron chi connectivity index (χ3n) is 5.54. The van der Waals surface area contributed by atoms with Crippen molar-refractivity contribution in [3.63, 3.8) is 0 Å². The van der Waals surface area contributed by atoms with E-state index in [1.165, 1.54) is 51.8 Å². The maximum Gasteiger partial charge on any atom is 0.261 e. The lowest BCUT2D eigenvalue weighted by Crippen LogP contribution is -2.48. The van der Waals surface area contributed by atoms with Gasteiger partial charge in [-0.2, -0.15) is 0 Å². The third kappa shape index (κ3) is 5.66. The second kappa shape index (κ2) is 10.7. The van der Waals surface area contributed by atoms with Gasteiger partial charge < -0.3 is 10.6 Å². The first-order chi connectivity index (χ1) is 16.0. The van der Waals surface area contributed by atoms with E-state index in [0.29, 0.717) is 15.4 Å². The molecule has 0 radical (unpaired) electrons. The van der Waals surface area contributed by atoms with E-state index in [-0.39, 0.29) is 24.4 Å². The van der Waals surface area contributed by atoms with Crippen LogP contribution in [0.1, 0.15) is 46.3 Å². The summed E-state index contributed by atoms with van der Waals surface area (Å²) in [5.74, 6) is -1.56. The Balaban J connectivity index is 1.63. The van der Waals surface area contributed by atoms with Gasteiger partial charge in [-0.1, -0.05) is 25.0 Å². The Hall–Kier alpha value is -3.04. The largest absolute Gasteiger partial charge is 0.351 e. The van der Waals surface area contributed by atoms with Crippen molar-refractivity contribution < 1.29 is 18.8 Å². The fourth-order valence-electron chi connectivity index (χ4n) is 3.95. The number of carbonyl (C=O) groups excluding carboxylic acids is 3. The Morgan fingerprint density at radius 2 is 1.70 bits per heavy atom. The molecule has 1 atom stereocenters. The SMILES string of the molecule is O=C(NCC(=O)N(c1ccc(F)cc1)[C@@H](C(=O)NC1CCCC1)c1cccs1)c1cccs1. The molecule has 33 heavy (non-hydrogen) atoms. The molecular weight excluding hydrogens is 461 g/mol. The molecule has 0 bridgehead atoms. The van der Waals surface area contributed by atoms with E-state index in [2.05, 4.69) is 10.6 Å². The Bertz CT molecular complexity index is 1080. The van der Waals surface area contributed by atoms with Gasteiger partial charge in [0.25, 0.3) is 5.91 Å². The van der Waals surface area contributed by atoms with Crippen molar-refractivity contribution in [2.45, 2.75) is 37.8 Å². The predicted octanol–water partition coefficient (Wildman–Crippen LogP) is 4.51. The predicted molar refractivity (Wildman–Crippen MR) is 128 cm³/mol. The molecule has 9 heteroatoms. The summed E-state index contributed by atoms with van der Waals surface area (Å²) in [7, 11) is 0. The standard InChI is InChI=1S/C24H24FN3O3S2/c25-16-9-11-18(12-10-16)28(21(29)15-26-23(30)20-8-4-14-33-20)22(19-7-3-13-32-19)24(31)27-17-5-1-2-6-17/h3-4,7-14,17,22H,1-2,5-6,15H2,(H,26,30)(H,27,31)/t22-/m1/s1. The molecule has 172 valence electrons. The number of benzene rings is 1. The van der Waals surface area contributed by atoms with Crippen molar-refractivity contribution in [3.8, 4) is 0 Å². The molecule has 0 aliphatic heterocycles. The van der Waals surface area contributed by atoms with Gasteiger partial charge in [0.2, 0.25) is 11.8 Å². The zero-order chi connectivity index (χ0) is 23.2. The average Bonchev–Trinajstić information content (AvgIpc) is 3.60. The molecule has 2 aromatic heterocycles. The van der Waals surface area contributed by atoms with Gasteiger partial charge in [-0.15, -0.1) is 22.7 Å². The van der Waals surface area contributed by atoms with Crippen LogP contribution in [0.2, 0.25) is 0 Å². The molecule has 1 aliphatic rings. The minimum atomic E-state index is -0.929. The van der Waals surface area contributed by atoms with Crippen molar-refractivity contribution >= 4 is 46.1 Å². The van der Waals surface area contributed by atoms with Crippen molar-refractivity contribution in [2.24, 2.45) is 0 Å². The summed E-state index contributed by atoms with van der Waals surface area (Å²) in [4.78, 5) is 41.8. The van der Waals surface area contributed by atoms with Gasteiger partial charge in [0.05, 0.1) is 11.4 Å². The van der Waals surface area contributed by atoms with Crippen molar-refractivity contribution in [2.75, 3.05) is 11.4 Å². The smallest absolute Gasteiger partial charge is 0.261 e. The number of hydrogen-bond acceptors (Lipinski definition) is 5. The van der Waals surface area contributed by atoms with Gasteiger partial charge in [0.15, 0.2) is 0 Å². The topological polar surface area (TPSA) is 78.5 Å². The van der Waals surface area contributed by atoms with Gasteiger partial charge in [-0.3, -0.25) is 19.3 Å². The summed E-state index contributed by atoms with van der Waals surface area (Å²) in [6, 6.07) is 11.6. The number of rotatable bonds is 8. The fourth-order valence-corrected chi connectivity index (χ4v) is 5.40. The van der Waals surface area contributed by atoms with Crippen LogP contribution in [0.25, 0.3) is 0 Å². The van der Waals surface area contributed by atoms with Crippen LogP contribution >= 0.6 is 22.7 Å². The minimum Gasteiger partial charge on any atom is -0.351 e. The number of halogens is 1. The summed E-state index contributed by atoms with van der Waals surface area (Å²) < 4.78 is 13.6. The highest BCUT2D eigenvalue weighted by Gasteiger charge is 2.35. The molecule has 6 nitrogen and oxygen atoms in total. The average molecular weight is 486 g/mol. The molecule has 2 heterocycles.